The van der Waals surface area contributed by atoms with E-state index in [1.165, 1.54) is 4.90 Å². The minimum Gasteiger partial charge on any atom is -0.480 e. The summed E-state index contributed by atoms with van der Waals surface area (Å²) in [6.07, 6.45) is -0.696. The van der Waals surface area contributed by atoms with E-state index in [9.17, 15) is 19.5 Å². The molecule has 0 spiro atoms. The Labute approximate surface area is 171 Å². The number of nitrogens with zero attached hydrogens (tertiary/aromatic N) is 1. The van der Waals surface area contributed by atoms with Gasteiger partial charge in [-0.1, -0.05) is 65.0 Å². The Morgan fingerprint density at radius 1 is 1.24 bits per heavy atom. The highest BCUT2D eigenvalue weighted by molar-refractivity contribution is 5.91. The summed E-state index contributed by atoms with van der Waals surface area (Å²) >= 11 is 0. The molecule has 158 valence electrons. The summed E-state index contributed by atoms with van der Waals surface area (Å²) in [5.41, 5.74) is 0.168. The van der Waals surface area contributed by atoms with Crippen molar-refractivity contribution in [3.05, 3.63) is 35.9 Å². The van der Waals surface area contributed by atoms with Crippen LogP contribution in [0.15, 0.2) is 30.3 Å². The number of fused-ring (bicyclic) bond motifs is 1. The summed E-state index contributed by atoms with van der Waals surface area (Å²) in [4.78, 5) is 39.0. The van der Waals surface area contributed by atoms with Gasteiger partial charge >= 0.3 is 12.1 Å². The molecule has 7 heteroatoms. The van der Waals surface area contributed by atoms with Crippen molar-refractivity contribution in [2.45, 2.75) is 53.3 Å². The molecule has 1 saturated heterocycles. The average molecular weight is 402 g/mol. The molecule has 7 nitrogen and oxygen atoms in total. The van der Waals surface area contributed by atoms with Crippen molar-refractivity contribution in [1.29, 1.82) is 0 Å². The fourth-order valence-electron chi connectivity index (χ4n) is 4.49. The first-order valence-corrected chi connectivity index (χ1v) is 9.95. The number of piperidine rings is 1. The number of carboxylic acids is 1. The lowest BCUT2D eigenvalue weighted by atomic mass is 9.85. The highest BCUT2D eigenvalue weighted by atomic mass is 16.5. The van der Waals surface area contributed by atoms with E-state index in [4.69, 9.17) is 4.74 Å². The van der Waals surface area contributed by atoms with Crippen LogP contribution in [0.5, 0.6) is 0 Å². The summed E-state index contributed by atoms with van der Waals surface area (Å²) in [6.45, 7) is 10.1. The number of ether oxygens (including phenoxy) is 1. The molecular weight excluding hydrogens is 372 g/mol. The summed E-state index contributed by atoms with van der Waals surface area (Å²) in [6, 6.07) is 7.53. The van der Waals surface area contributed by atoms with Crippen molar-refractivity contribution in [3.63, 3.8) is 0 Å². The van der Waals surface area contributed by atoms with Crippen LogP contribution >= 0.6 is 0 Å². The molecule has 0 unspecified atom stereocenters. The molecule has 2 fully saturated rings. The monoisotopic (exact) mass is 402 g/mol. The largest absolute Gasteiger partial charge is 0.480 e. The second kappa shape index (κ2) is 7.35. The molecule has 2 N–H and O–H groups in total. The Balaban J connectivity index is 1.69. The second-order valence-electron chi connectivity index (χ2n) is 9.73. The van der Waals surface area contributed by atoms with Crippen LogP contribution in [0, 0.1) is 22.7 Å². The van der Waals surface area contributed by atoms with Gasteiger partial charge in [-0.15, -0.1) is 0 Å². The maximum Gasteiger partial charge on any atom is 0.408 e. The smallest absolute Gasteiger partial charge is 0.408 e. The Morgan fingerprint density at radius 2 is 1.86 bits per heavy atom. The number of likely N-dealkylation sites (tertiary alicyclic amines) is 1. The van der Waals surface area contributed by atoms with Gasteiger partial charge < -0.3 is 20.1 Å². The van der Waals surface area contributed by atoms with Crippen molar-refractivity contribution in [1.82, 2.24) is 10.2 Å². The molecular formula is C22H30N2O5. The van der Waals surface area contributed by atoms with Crippen molar-refractivity contribution in [2.24, 2.45) is 22.7 Å². The second-order valence-corrected chi connectivity index (χ2v) is 9.73. The molecule has 29 heavy (non-hydrogen) atoms. The van der Waals surface area contributed by atoms with Gasteiger partial charge in [-0.05, 0) is 22.3 Å². The number of amides is 2. The molecule has 2 aliphatic rings. The van der Waals surface area contributed by atoms with Gasteiger partial charge in [0, 0.05) is 12.5 Å². The lowest BCUT2D eigenvalue weighted by molar-refractivity contribution is -0.152. The van der Waals surface area contributed by atoms with Gasteiger partial charge in [0.1, 0.15) is 18.7 Å². The number of carboxylic acid groups (broad SMARTS) is 1. The highest BCUT2D eigenvalue weighted by Crippen LogP contribution is 2.65. The molecule has 3 rings (SSSR count). The van der Waals surface area contributed by atoms with Gasteiger partial charge in [0.2, 0.25) is 5.91 Å². The predicted molar refractivity (Wildman–Crippen MR) is 107 cm³/mol. The Kier molecular flexibility index (Phi) is 5.36. The zero-order valence-corrected chi connectivity index (χ0v) is 17.6. The lowest BCUT2D eigenvalue weighted by Crippen LogP contribution is -2.58. The topological polar surface area (TPSA) is 95.9 Å². The van der Waals surface area contributed by atoms with Crippen LogP contribution in [0.4, 0.5) is 4.79 Å². The van der Waals surface area contributed by atoms with Crippen LogP contribution in [-0.2, 0) is 20.9 Å². The molecule has 1 aliphatic heterocycles. The Hall–Kier alpha value is -2.57. The van der Waals surface area contributed by atoms with Crippen molar-refractivity contribution < 1.29 is 24.2 Å². The summed E-state index contributed by atoms with van der Waals surface area (Å²) in [5, 5.41) is 12.4. The molecule has 1 aromatic carbocycles. The fourth-order valence-corrected chi connectivity index (χ4v) is 4.49. The highest BCUT2D eigenvalue weighted by Gasteiger charge is 2.70. The Morgan fingerprint density at radius 3 is 2.41 bits per heavy atom. The molecule has 4 atom stereocenters. The molecule has 2 amide bonds. The number of aliphatic carboxylic acids is 1. The first-order valence-electron chi connectivity index (χ1n) is 9.95. The number of benzene rings is 1. The SMILES string of the molecule is CC(C)(C)[C@H](NC(=O)OCc1ccccc1)C(=O)N1C[C@H]2[C@@H]([C@H]1C(=O)O)C2(C)C. The van der Waals surface area contributed by atoms with Gasteiger partial charge in [0.05, 0.1) is 0 Å². The first-order chi connectivity index (χ1) is 13.4. The maximum atomic E-state index is 13.3. The van der Waals surface area contributed by atoms with Gasteiger partial charge in [-0.3, -0.25) is 4.79 Å². The van der Waals surface area contributed by atoms with Crippen LogP contribution in [0.25, 0.3) is 0 Å². The van der Waals surface area contributed by atoms with E-state index < -0.39 is 29.6 Å². The van der Waals surface area contributed by atoms with Crippen LogP contribution in [-0.4, -0.2) is 46.6 Å². The number of rotatable bonds is 5. The number of carbonyl (C=O) groups excluding carboxylic acids is 2. The molecule has 0 radical (unpaired) electrons. The van der Waals surface area contributed by atoms with E-state index in [2.05, 4.69) is 5.32 Å². The van der Waals surface area contributed by atoms with Gasteiger partial charge in [-0.2, -0.15) is 0 Å². The average Bonchev–Trinajstić information content (AvgIpc) is 2.99. The standard InChI is InChI=1S/C22H30N2O5/c1-21(2,3)17(23-20(28)29-12-13-9-7-6-8-10-13)18(25)24-11-14-15(22(14,4)5)16(24)19(26)27/h6-10,14-17H,11-12H2,1-5H3,(H,23,28)(H,26,27)/t14-,15-,16-,17+/m0/s1. The lowest BCUT2D eigenvalue weighted by Gasteiger charge is -2.36. The van der Waals surface area contributed by atoms with Crippen LogP contribution in [0.1, 0.15) is 40.2 Å². The van der Waals surface area contributed by atoms with Crippen LogP contribution in [0.3, 0.4) is 0 Å². The molecule has 1 aliphatic carbocycles. The Bertz CT molecular complexity index is 799. The molecule has 1 saturated carbocycles. The van der Waals surface area contributed by atoms with Crippen molar-refractivity contribution in [3.8, 4) is 0 Å². The normalized spacial score (nSPS) is 25.7. The number of alkyl carbamates (subject to hydrolysis) is 1. The van der Waals surface area contributed by atoms with E-state index in [0.29, 0.717) is 6.54 Å². The fraction of sp³-hybridized carbons (Fsp3) is 0.591. The quantitative estimate of drug-likeness (QED) is 0.790. The molecule has 1 heterocycles. The summed E-state index contributed by atoms with van der Waals surface area (Å²) in [7, 11) is 0. The zero-order valence-electron chi connectivity index (χ0n) is 17.6. The van der Waals surface area contributed by atoms with Crippen LogP contribution < -0.4 is 5.32 Å². The van der Waals surface area contributed by atoms with E-state index in [-0.39, 0.29) is 29.8 Å². The molecule has 0 aromatic heterocycles. The maximum absolute atomic E-state index is 13.3. The number of hydrogen-bond acceptors (Lipinski definition) is 4. The van der Waals surface area contributed by atoms with Gasteiger partial charge in [0.15, 0.2) is 0 Å². The van der Waals surface area contributed by atoms with E-state index >= 15 is 0 Å². The molecule has 1 aromatic rings. The number of carbonyl (C=O) groups is 3. The zero-order chi connectivity index (χ0) is 21.6. The van der Waals surface area contributed by atoms with Crippen molar-refractivity contribution >= 4 is 18.0 Å². The predicted octanol–water partition coefficient (Wildman–Crippen LogP) is 2.90. The van der Waals surface area contributed by atoms with E-state index in [0.717, 1.165) is 5.56 Å². The summed E-state index contributed by atoms with van der Waals surface area (Å²) < 4.78 is 5.27. The third-order valence-electron chi connectivity index (χ3n) is 6.33. The first kappa shape index (κ1) is 21.1. The van der Waals surface area contributed by atoms with E-state index in [1.54, 1.807) is 0 Å². The van der Waals surface area contributed by atoms with Gasteiger partial charge in [0.25, 0.3) is 0 Å². The van der Waals surface area contributed by atoms with E-state index in [1.807, 2.05) is 65.0 Å². The summed E-state index contributed by atoms with van der Waals surface area (Å²) in [5.74, 6) is -1.23. The number of nitrogens with one attached hydrogen (secondary N) is 1. The third kappa shape index (κ3) is 4.09. The minimum absolute atomic E-state index is 0.0467. The minimum atomic E-state index is -0.990. The van der Waals surface area contributed by atoms with Gasteiger partial charge in [-0.25, -0.2) is 9.59 Å². The number of hydrogen-bond donors (Lipinski definition) is 2. The third-order valence-corrected chi connectivity index (χ3v) is 6.33. The van der Waals surface area contributed by atoms with Crippen molar-refractivity contribution in [2.75, 3.05) is 6.54 Å². The molecule has 0 bridgehead atoms. The van der Waals surface area contributed by atoms with Crippen LogP contribution in [0.2, 0.25) is 0 Å².